The van der Waals surface area contributed by atoms with Gasteiger partial charge in [0, 0.05) is 25.7 Å². The van der Waals surface area contributed by atoms with Crippen LogP contribution in [-0.4, -0.2) is 37.3 Å². The average Bonchev–Trinajstić information content (AvgIpc) is 2.38. The lowest BCUT2D eigenvalue weighted by Gasteiger charge is -2.34. The van der Waals surface area contributed by atoms with Crippen LogP contribution >= 0.6 is 11.6 Å². The minimum absolute atomic E-state index is 0.0140. The lowest BCUT2D eigenvalue weighted by Crippen LogP contribution is -2.46. The minimum atomic E-state index is -0.422. The monoisotopic (exact) mass is 271 g/mol. The number of para-hydroxylation sites is 1. The molecule has 6 nitrogen and oxygen atoms in total. The Balaban J connectivity index is 2.34. The zero-order valence-corrected chi connectivity index (χ0v) is 10.5. The third-order valence-corrected chi connectivity index (χ3v) is 3.19. The molecule has 0 aromatic heterocycles. The molecule has 18 heavy (non-hydrogen) atoms. The summed E-state index contributed by atoms with van der Waals surface area (Å²) in [4.78, 5) is 12.5. The molecule has 0 radical (unpaired) electrons. The van der Waals surface area contributed by atoms with Crippen LogP contribution in [0.1, 0.15) is 0 Å². The van der Waals surface area contributed by atoms with Crippen molar-refractivity contribution in [3.05, 3.63) is 33.3 Å². The second kappa shape index (κ2) is 5.51. The Kier molecular flexibility index (Phi) is 4.00. The zero-order valence-electron chi connectivity index (χ0n) is 9.71. The van der Waals surface area contributed by atoms with E-state index in [1.54, 1.807) is 12.1 Å². The number of halogens is 1. The van der Waals surface area contributed by atoms with E-state index in [9.17, 15) is 10.1 Å². The number of hydrogen-bond acceptors (Lipinski definition) is 5. The number of anilines is 1. The van der Waals surface area contributed by atoms with Gasteiger partial charge < -0.3 is 15.4 Å². The first-order valence-electron chi connectivity index (χ1n) is 5.63. The fraction of sp³-hybridized carbons (Fsp3) is 0.455. The van der Waals surface area contributed by atoms with Gasteiger partial charge in [-0.25, -0.2) is 0 Å². The molecular formula is C11H14ClN3O3. The van der Waals surface area contributed by atoms with Crippen molar-refractivity contribution in [3.8, 4) is 0 Å². The molecule has 2 rings (SSSR count). The predicted molar refractivity (Wildman–Crippen MR) is 69.1 cm³/mol. The Bertz CT molecular complexity index is 455. The maximum atomic E-state index is 11.0. The Morgan fingerprint density at radius 2 is 2.39 bits per heavy atom. The number of rotatable bonds is 3. The number of nitro groups is 1. The van der Waals surface area contributed by atoms with E-state index < -0.39 is 4.92 Å². The molecule has 1 fully saturated rings. The van der Waals surface area contributed by atoms with Crippen LogP contribution in [0.5, 0.6) is 0 Å². The van der Waals surface area contributed by atoms with Crippen molar-refractivity contribution in [1.82, 2.24) is 0 Å². The highest BCUT2D eigenvalue weighted by Gasteiger charge is 2.27. The summed E-state index contributed by atoms with van der Waals surface area (Å²) in [6.45, 7) is 1.96. The fourth-order valence-corrected chi connectivity index (χ4v) is 2.32. The van der Waals surface area contributed by atoms with Crippen LogP contribution in [0, 0.1) is 10.1 Å². The van der Waals surface area contributed by atoms with E-state index in [-0.39, 0.29) is 11.8 Å². The van der Waals surface area contributed by atoms with E-state index in [0.29, 0.717) is 37.0 Å². The molecule has 0 aliphatic carbocycles. The van der Waals surface area contributed by atoms with E-state index in [0.717, 1.165) is 0 Å². The standard InChI is InChI=1S/C11H14ClN3O3/c12-9-2-1-3-10(15(16)17)11(9)14-4-5-18-8(6-13)7-14/h1-3,8H,4-7,13H2. The van der Waals surface area contributed by atoms with Crippen molar-refractivity contribution in [2.24, 2.45) is 5.73 Å². The van der Waals surface area contributed by atoms with E-state index >= 15 is 0 Å². The number of nitrogens with two attached hydrogens (primary N) is 1. The molecule has 1 aliphatic heterocycles. The predicted octanol–water partition coefficient (Wildman–Crippen LogP) is 1.41. The van der Waals surface area contributed by atoms with Gasteiger partial charge in [0.15, 0.2) is 0 Å². The molecular weight excluding hydrogens is 258 g/mol. The van der Waals surface area contributed by atoms with Crippen molar-refractivity contribution >= 4 is 23.0 Å². The number of nitrogens with zero attached hydrogens (tertiary/aromatic N) is 2. The number of hydrogen-bond donors (Lipinski definition) is 1. The molecule has 7 heteroatoms. The SMILES string of the molecule is NCC1CN(c2c(Cl)cccc2[N+](=O)[O-])CCO1. The molecule has 0 saturated carbocycles. The molecule has 1 unspecified atom stereocenters. The van der Waals surface area contributed by atoms with E-state index in [2.05, 4.69) is 0 Å². The largest absolute Gasteiger partial charge is 0.373 e. The maximum absolute atomic E-state index is 11.0. The summed E-state index contributed by atoms with van der Waals surface area (Å²) in [7, 11) is 0. The molecule has 0 bridgehead atoms. The minimum Gasteiger partial charge on any atom is -0.373 e. The van der Waals surface area contributed by atoms with E-state index in [1.807, 2.05) is 4.90 Å². The second-order valence-electron chi connectivity index (χ2n) is 4.04. The number of benzene rings is 1. The third kappa shape index (κ3) is 2.55. The first-order chi connectivity index (χ1) is 8.63. The highest BCUT2D eigenvalue weighted by molar-refractivity contribution is 6.33. The Morgan fingerprint density at radius 1 is 1.61 bits per heavy atom. The van der Waals surface area contributed by atoms with Crippen LogP contribution in [0.3, 0.4) is 0 Å². The lowest BCUT2D eigenvalue weighted by atomic mass is 10.2. The van der Waals surface area contributed by atoms with Crippen molar-refractivity contribution < 1.29 is 9.66 Å². The summed E-state index contributed by atoms with van der Waals surface area (Å²) in [5.41, 5.74) is 6.02. The molecule has 1 saturated heterocycles. The van der Waals surface area contributed by atoms with Crippen LogP contribution in [-0.2, 0) is 4.74 Å². The van der Waals surface area contributed by atoms with Crippen molar-refractivity contribution in [2.45, 2.75) is 6.10 Å². The summed E-state index contributed by atoms with van der Waals surface area (Å²) in [5, 5.41) is 11.4. The number of morpholine rings is 1. The first kappa shape index (κ1) is 13.1. The van der Waals surface area contributed by atoms with Crippen molar-refractivity contribution in [3.63, 3.8) is 0 Å². The molecule has 1 heterocycles. The van der Waals surface area contributed by atoms with Crippen LogP contribution in [0.25, 0.3) is 0 Å². The van der Waals surface area contributed by atoms with Gasteiger partial charge in [0.05, 0.1) is 22.7 Å². The van der Waals surface area contributed by atoms with Gasteiger partial charge in [-0.2, -0.15) is 0 Å². The van der Waals surface area contributed by atoms with Gasteiger partial charge in [0.25, 0.3) is 5.69 Å². The van der Waals surface area contributed by atoms with Crippen LogP contribution in [0.2, 0.25) is 5.02 Å². The van der Waals surface area contributed by atoms with Gasteiger partial charge in [-0.05, 0) is 6.07 Å². The zero-order chi connectivity index (χ0) is 13.1. The van der Waals surface area contributed by atoms with Crippen LogP contribution in [0.4, 0.5) is 11.4 Å². The molecule has 1 aromatic carbocycles. The van der Waals surface area contributed by atoms with Crippen LogP contribution in [0.15, 0.2) is 18.2 Å². The van der Waals surface area contributed by atoms with Crippen molar-refractivity contribution in [2.75, 3.05) is 31.1 Å². The van der Waals surface area contributed by atoms with Crippen LogP contribution < -0.4 is 10.6 Å². The second-order valence-corrected chi connectivity index (χ2v) is 4.45. The third-order valence-electron chi connectivity index (χ3n) is 2.88. The van der Waals surface area contributed by atoms with Gasteiger partial charge >= 0.3 is 0 Å². The average molecular weight is 272 g/mol. The molecule has 1 atom stereocenters. The molecule has 1 aromatic rings. The van der Waals surface area contributed by atoms with Gasteiger partial charge in [-0.3, -0.25) is 10.1 Å². The van der Waals surface area contributed by atoms with Gasteiger partial charge in [-0.15, -0.1) is 0 Å². The smallest absolute Gasteiger partial charge is 0.294 e. The number of nitro benzene ring substituents is 1. The topological polar surface area (TPSA) is 81.6 Å². The first-order valence-corrected chi connectivity index (χ1v) is 6.00. The summed E-state index contributed by atoms with van der Waals surface area (Å²) in [6.07, 6.45) is -0.116. The van der Waals surface area contributed by atoms with E-state index in [4.69, 9.17) is 22.1 Å². The Labute approximate surface area is 109 Å². The molecule has 98 valence electrons. The molecule has 0 amide bonds. The lowest BCUT2D eigenvalue weighted by molar-refractivity contribution is -0.384. The van der Waals surface area contributed by atoms with Gasteiger partial charge in [0.2, 0.25) is 0 Å². The maximum Gasteiger partial charge on any atom is 0.294 e. The van der Waals surface area contributed by atoms with Gasteiger partial charge in [0.1, 0.15) is 5.69 Å². The number of ether oxygens (including phenoxy) is 1. The van der Waals surface area contributed by atoms with E-state index in [1.165, 1.54) is 6.07 Å². The highest BCUT2D eigenvalue weighted by atomic mass is 35.5. The Morgan fingerprint density at radius 3 is 3.06 bits per heavy atom. The molecule has 1 aliphatic rings. The summed E-state index contributed by atoms with van der Waals surface area (Å²) in [6, 6.07) is 4.68. The summed E-state index contributed by atoms with van der Waals surface area (Å²) >= 11 is 6.08. The normalized spacial score (nSPS) is 19.9. The van der Waals surface area contributed by atoms with Gasteiger partial charge in [-0.1, -0.05) is 17.7 Å². The Hall–Kier alpha value is -1.37. The quantitative estimate of drug-likeness (QED) is 0.664. The fourth-order valence-electron chi connectivity index (χ4n) is 2.03. The molecule has 0 spiro atoms. The van der Waals surface area contributed by atoms with Crippen molar-refractivity contribution in [1.29, 1.82) is 0 Å². The highest BCUT2D eigenvalue weighted by Crippen LogP contribution is 2.36. The summed E-state index contributed by atoms with van der Waals surface area (Å²) < 4.78 is 5.44. The molecule has 2 N–H and O–H groups in total. The summed E-state index contributed by atoms with van der Waals surface area (Å²) in [5.74, 6) is 0.